The number of nitrogens with zero attached hydrogens (tertiary/aromatic N) is 1. The van der Waals surface area contributed by atoms with Crippen LogP contribution in [0.2, 0.25) is 0 Å². The highest BCUT2D eigenvalue weighted by molar-refractivity contribution is 6.44. The molecule has 1 aromatic carbocycles. The first-order valence-electron chi connectivity index (χ1n) is 5.12. The van der Waals surface area contributed by atoms with Crippen molar-refractivity contribution in [1.29, 1.82) is 0 Å². The molecule has 19 heavy (non-hydrogen) atoms. The van der Waals surface area contributed by atoms with E-state index in [9.17, 15) is 27.6 Å². The van der Waals surface area contributed by atoms with Crippen molar-refractivity contribution < 1.29 is 27.6 Å². The zero-order valence-corrected chi connectivity index (χ0v) is 9.32. The van der Waals surface area contributed by atoms with Gasteiger partial charge in [0.05, 0.1) is 12.1 Å². The van der Waals surface area contributed by atoms with Gasteiger partial charge in [-0.15, -0.1) is 0 Å². The van der Waals surface area contributed by atoms with Crippen LogP contribution >= 0.6 is 0 Å². The highest BCUT2D eigenvalue weighted by atomic mass is 19.4. The molecule has 1 aliphatic rings. The Morgan fingerprint density at radius 2 is 1.74 bits per heavy atom. The summed E-state index contributed by atoms with van der Waals surface area (Å²) < 4.78 is 38.2. The monoisotopic (exact) mass is 272 g/mol. The van der Waals surface area contributed by atoms with Gasteiger partial charge in [0.2, 0.25) is 0 Å². The minimum absolute atomic E-state index is 0.256. The predicted molar refractivity (Wildman–Crippen MR) is 55.5 cm³/mol. The topological polar surface area (TPSA) is 66.5 Å². The van der Waals surface area contributed by atoms with Gasteiger partial charge in [-0.25, -0.2) is 4.79 Å². The minimum Gasteiger partial charge on any atom is -0.269 e. The third kappa shape index (κ3) is 2.42. The van der Waals surface area contributed by atoms with Gasteiger partial charge in [0, 0.05) is 0 Å². The van der Waals surface area contributed by atoms with E-state index >= 15 is 0 Å². The highest BCUT2D eigenvalue weighted by Gasteiger charge is 2.39. The van der Waals surface area contributed by atoms with E-state index in [4.69, 9.17) is 0 Å². The van der Waals surface area contributed by atoms with Crippen molar-refractivity contribution in [1.82, 2.24) is 10.2 Å². The molecule has 0 spiro atoms. The van der Waals surface area contributed by atoms with Crippen LogP contribution in [0.3, 0.4) is 0 Å². The van der Waals surface area contributed by atoms with E-state index < -0.39 is 36.1 Å². The van der Waals surface area contributed by atoms with Crippen molar-refractivity contribution in [3.8, 4) is 0 Å². The van der Waals surface area contributed by atoms with Crippen LogP contribution in [-0.4, -0.2) is 22.7 Å². The molecule has 8 heteroatoms. The van der Waals surface area contributed by atoms with Gasteiger partial charge in [0.25, 0.3) is 0 Å². The molecule has 0 aliphatic carbocycles. The van der Waals surface area contributed by atoms with Gasteiger partial charge in [0.1, 0.15) is 0 Å². The highest BCUT2D eigenvalue weighted by Crippen LogP contribution is 2.32. The lowest BCUT2D eigenvalue weighted by Crippen LogP contribution is -2.31. The molecule has 0 atom stereocenters. The standard InChI is InChI=1S/C11H7F3N2O3/c12-11(13,14)7-4-2-1-3-6(7)5-16-9(18)8(17)15-10(16)19/h1-4H,5H2,(H,15,17,19). The number of hydrogen-bond acceptors (Lipinski definition) is 3. The number of urea groups is 1. The van der Waals surface area contributed by atoms with E-state index in [1.807, 2.05) is 0 Å². The van der Waals surface area contributed by atoms with Gasteiger partial charge in [-0.05, 0) is 11.6 Å². The fourth-order valence-electron chi connectivity index (χ4n) is 1.68. The maximum absolute atomic E-state index is 12.7. The molecule has 1 N–H and O–H groups in total. The molecule has 100 valence electrons. The van der Waals surface area contributed by atoms with Gasteiger partial charge >= 0.3 is 24.0 Å². The Kier molecular flexibility index (Phi) is 3.01. The number of nitrogens with one attached hydrogen (secondary N) is 1. The van der Waals surface area contributed by atoms with Gasteiger partial charge in [-0.3, -0.25) is 19.8 Å². The van der Waals surface area contributed by atoms with Gasteiger partial charge in [-0.2, -0.15) is 13.2 Å². The number of imide groups is 2. The van der Waals surface area contributed by atoms with Crippen LogP contribution in [0.25, 0.3) is 0 Å². The average molecular weight is 272 g/mol. The summed E-state index contributed by atoms with van der Waals surface area (Å²) in [5.74, 6) is -2.31. The number of hydrogen-bond donors (Lipinski definition) is 1. The molecule has 0 saturated carbocycles. The minimum atomic E-state index is -4.60. The van der Waals surface area contributed by atoms with Crippen LogP contribution in [0, 0.1) is 0 Å². The molecule has 1 heterocycles. The van der Waals surface area contributed by atoms with E-state index in [1.54, 1.807) is 5.32 Å². The Morgan fingerprint density at radius 3 is 2.26 bits per heavy atom. The predicted octanol–water partition coefficient (Wildman–Crippen LogP) is 1.28. The normalized spacial score (nSPS) is 15.9. The maximum Gasteiger partial charge on any atom is 0.416 e. The summed E-state index contributed by atoms with van der Waals surface area (Å²) in [5, 5.41) is 1.71. The molecule has 1 fully saturated rings. The summed E-state index contributed by atoms with van der Waals surface area (Å²) in [6, 6.07) is 3.52. The second kappa shape index (κ2) is 4.38. The molecule has 0 radical (unpaired) electrons. The van der Waals surface area contributed by atoms with E-state index in [2.05, 4.69) is 0 Å². The SMILES string of the molecule is O=C1NC(=O)N(Cc2ccccc2C(F)(F)F)C1=O. The molecule has 1 aromatic rings. The molecule has 2 rings (SSSR count). The third-order valence-corrected chi connectivity index (χ3v) is 2.56. The number of carbonyl (C=O) groups excluding carboxylic acids is 3. The third-order valence-electron chi connectivity index (χ3n) is 2.56. The van der Waals surface area contributed by atoms with Crippen LogP contribution in [0.1, 0.15) is 11.1 Å². The average Bonchev–Trinajstić information content (AvgIpc) is 2.55. The maximum atomic E-state index is 12.7. The van der Waals surface area contributed by atoms with Crippen molar-refractivity contribution in [3.63, 3.8) is 0 Å². The molecule has 0 bridgehead atoms. The number of amides is 4. The zero-order valence-electron chi connectivity index (χ0n) is 9.32. The smallest absolute Gasteiger partial charge is 0.269 e. The van der Waals surface area contributed by atoms with Gasteiger partial charge in [0.15, 0.2) is 0 Å². The van der Waals surface area contributed by atoms with Crippen LogP contribution in [-0.2, 0) is 22.3 Å². The summed E-state index contributed by atoms with van der Waals surface area (Å²) in [5.41, 5.74) is -1.21. The fraction of sp³-hybridized carbons (Fsp3) is 0.182. The Labute approximate surface area is 105 Å². The fourth-order valence-corrected chi connectivity index (χ4v) is 1.68. The Balaban J connectivity index is 2.32. The molecule has 4 amide bonds. The first-order chi connectivity index (χ1) is 8.80. The molecule has 1 aliphatic heterocycles. The van der Waals surface area contributed by atoms with E-state index in [-0.39, 0.29) is 5.56 Å². The molecular weight excluding hydrogens is 265 g/mol. The van der Waals surface area contributed by atoms with Crippen LogP contribution in [0.15, 0.2) is 24.3 Å². The second-order valence-electron chi connectivity index (χ2n) is 3.81. The Bertz CT molecular complexity index is 569. The molecular formula is C11H7F3N2O3. The van der Waals surface area contributed by atoms with Crippen molar-refractivity contribution in [2.24, 2.45) is 0 Å². The van der Waals surface area contributed by atoms with Gasteiger partial charge < -0.3 is 0 Å². The number of carbonyl (C=O) groups is 3. The lowest BCUT2D eigenvalue weighted by molar-refractivity contribution is -0.141. The first-order valence-corrected chi connectivity index (χ1v) is 5.12. The largest absolute Gasteiger partial charge is 0.416 e. The van der Waals surface area contributed by atoms with Crippen LogP contribution in [0.5, 0.6) is 0 Å². The van der Waals surface area contributed by atoms with Crippen LogP contribution in [0.4, 0.5) is 18.0 Å². The summed E-state index contributed by atoms with van der Waals surface area (Å²) in [4.78, 5) is 33.9. The summed E-state index contributed by atoms with van der Waals surface area (Å²) >= 11 is 0. The number of halogens is 3. The van der Waals surface area contributed by atoms with E-state index in [1.165, 1.54) is 12.1 Å². The molecule has 1 saturated heterocycles. The van der Waals surface area contributed by atoms with Crippen molar-refractivity contribution in [2.75, 3.05) is 0 Å². The number of benzene rings is 1. The Hall–Kier alpha value is -2.38. The summed E-state index contributed by atoms with van der Waals surface area (Å²) in [7, 11) is 0. The summed E-state index contributed by atoms with van der Waals surface area (Å²) in [6.45, 7) is -0.605. The van der Waals surface area contributed by atoms with Crippen molar-refractivity contribution >= 4 is 17.8 Å². The molecule has 5 nitrogen and oxygen atoms in total. The quantitative estimate of drug-likeness (QED) is 0.651. The number of alkyl halides is 3. The second-order valence-corrected chi connectivity index (χ2v) is 3.81. The van der Waals surface area contributed by atoms with Gasteiger partial charge in [-0.1, -0.05) is 18.2 Å². The summed E-state index contributed by atoms with van der Waals surface area (Å²) in [6.07, 6.45) is -4.60. The lowest BCUT2D eigenvalue weighted by atomic mass is 10.1. The van der Waals surface area contributed by atoms with E-state index in [0.717, 1.165) is 12.1 Å². The van der Waals surface area contributed by atoms with Crippen molar-refractivity contribution in [3.05, 3.63) is 35.4 Å². The van der Waals surface area contributed by atoms with Crippen molar-refractivity contribution in [2.45, 2.75) is 12.7 Å². The first kappa shape index (κ1) is 13.1. The van der Waals surface area contributed by atoms with Crippen LogP contribution < -0.4 is 5.32 Å². The van der Waals surface area contributed by atoms with E-state index in [0.29, 0.717) is 4.90 Å². The lowest BCUT2D eigenvalue weighted by Gasteiger charge is -2.16. The number of rotatable bonds is 2. The molecule has 0 aromatic heterocycles. The Morgan fingerprint density at radius 1 is 1.11 bits per heavy atom. The molecule has 0 unspecified atom stereocenters. The zero-order chi connectivity index (χ0) is 14.2.